The monoisotopic (exact) mass is 552 g/mol. The highest BCUT2D eigenvalue weighted by atomic mass is 33.1. The second kappa shape index (κ2) is 19.8. The predicted octanol–water partition coefficient (Wildman–Crippen LogP) is 10.4. The normalized spacial score (nSPS) is 12.5. The van der Waals surface area contributed by atoms with Gasteiger partial charge in [-0.05, 0) is 64.2 Å². The maximum atomic E-state index is 11.7. The number of carbonyl (C=O) groups is 2. The van der Waals surface area contributed by atoms with Crippen LogP contribution in [-0.4, -0.2) is 32.6 Å². The summed E-state index contributed by atoms with van der Waals surface area (Å²) in [6, 6.07) is 0. The number of hydrogen-bond donors (Lipinski definition) is 0. The molecule has 0 aromatic heterocycles. The van der Waals surface area contributed by atoms with Gasteiger partial charge < -0.3 is 0 Å². The first kappa shape index (κ1) is 36.9. The largest absolute Gasteiger partial charge is 0.300 e. The summed E-state index contributed by atoms with van der Waals surface area (Å²) in [5.41, 5.74) is 0. The summed E-state index contributed by atoms with van der Waals surface area (Å²) in [6.45, 7) is 26.4. The molecule has 0 aliphatic carbocycles. The van der Waals surface area contributed by atoms with Gasteiger partial charge in [-0.1, -0.05) is 98.6 Å². The van der Waals surface area contributed by atoms with Crippen LogP contribution < -0.4 is 0 Å². The fraction of sp³-hybridized carbons (Fsp3) is 0.929. The van der Waals surface area contributed by atoms with Gasteiger partial charge in [0.15, 0.2) is 0 Å². The lowest BCUT2D eigenvalue weighted by molar-refractivity contribution is -0.120. The Labute approximate surface area is 229 Å². The molecule has 0 rings (SSSR count). The highest BCUT2D eigenvalue weighted by molar-refractivity contribution is 8.77. The molecular formula is C28H56O2S4. The first-order valence-corrected chi connectivity index (χ1v) is 17.7. The third-order valence-electron chi connectivity index (χ3n) is 4.66. The van der Waals surface area contributed by atoms with E-state index in [1.165, 1.54) is 11.5 Å². The number of hydrogen-bond acceptors (Lipinski definition) is 6. The molecule has 0 fully saturated rings. The summed E-state index contributed by atoms with van der Waals surface area (Å²) in [5, 5.41) is 0. The van der Waals surface area contributed by atoms with Crippen LogP contribution in [0.4, 0.5) is 0 Å². The molecule has 0 spiro atoms. The van der Waals surface area contributed by atoms with Crippen molar-refractivity contribution < 1.29 is 9.59 Å². The lowest BCUT2D eigenvalue weighted by Crippen LogP contribution is -2.16. The molecule has 0 aromatic carbocycles. The molecule has 0 aliphatic heterocycles. The maximum Gasteiger partial charge on any atom is 0.133 e. The molecule has 0 saturated carbocycles. The maximum absolute atomic E-state index is 11.7. The Balaban J connectivity index is 0. The van der Waals surface area contributed by atoms with Gasteiger partial charge in [0.2, 0.25) is 0 Å². The smallest absolute Gasteiger partial charge is 0.133 e. The van der Waals surface area contributed by atoms with Crippen LogP contribution in [0, 0.1) is 23.7 Å². The minimum absolute atomic E-state index is 0.214. The van der Waals surface area contributed by atoms with Gasteiger partial charge in [0.25, 0.3) is 0 Å². The Kier molecular flexibility index (Phi) is 21.5. The molecule has 204 valence electrons. The topological polar surface area (TPSA) is 34.1 Å². The van der Waals surface area contributed by atoms with Gasteiger partial charge in [-0.2, -0.15) is 0 Å². The Hall–Kier alpha value is 0.740. The van der Waals surface area contributed by atoms with Crippen molar-refractivity contribution in [3.8, 4) is 0 Å². The Morgan fingerprint density at radius 1 is 0.559 bits per heavy atom. The van der Waals surface area contributed by atoms with Crippen molar-refractivity contribution in [2.75, 3.05) is 11.5 Å². The number of rotatable bonds is 18. The van der Waals surface area contributed by atoms with Crippen LogP contribution in [0.3, 0.4) is 0 Å². The average molecular weight is 553 g/mol. The standard InChI is InChI=1S/2C14H28OS2/c2*1-11(2)9-13(15)7-8-14(5,6)17-16-10-12(3)4/h2*11-12H,7-10H2,1-6H3. The van der Waals surface area contributed by atoms with Gasteiger partial charge in [0.1, 0.15) is 11.6 Å². The van der Waals surface area contributed by atoms with Crippen LogP contribution in [0.1, 0.15) is 122 Å². The number of ketones is 2. The molecule has 6 heteroatoms. The molecule has 0 aromatic rings. The predicted molar refractivity (Wildman–Crippen MR) is 165 cm³/mol. The fourth-order valence-corrected chi connectivity index (χ4v) is 8.88. The molecule has 0 radical (unpaired) electrons. The lowest BCUT2D eigenvalue weighted by atomic mass is 9.99. The third kappa shape index (κ3) is 27.3. The summed E-state index contributed by atoms with van der Waals surface area (Å²) in [6.07, 6.45) is 4.93. The number of Topliss-reactive ketones (excluding diaryl/α,β-unsaturated/α-hetero) is 2. The minimum atomic E-state index is 0.214. The van der Waals surface area contributed by atoms with Gasteiger partial charge in [0, 0.05) is 46.7 Å². The second-order valence-corrected chi connectivity index (χ2v) is 18.4. The highest BCUT2D eigenvalue weighted by Crippen LogP contribution is 2.40. The molecule has 34 heavy (non-hydrogen) atoms. The van der Waals surface area contributed by atoms with E-state index in [1.54, 1.807) is 0 Å². The second-order valence-electron chi connectivity index (χ2n) is 12.3. The van der Waals surface area contributed by atoms with Crippen LogP contribution in [0.5, 0.6) is 0 Å². The molecule has 0 aliphatic rings. The van der Waals surface area contributed by atoms with Crippen molar-refractivity contribution in [3.63, 3.8) is 0 Å². The third-order valence-corrected chi connectivity index (χ3v) is 12.0. The van der Waals surface area contributed by atoms with Crippen LogP contribution >= 0.6 is 43.2 Å². The van der Waals surface area contributed by atoms with Crippen molar-refractivity contribution >= 4 is 54.7 Å². The van der Waals surface area contributed by atoms with Crippen molar-refractivity contribution in [1.82, 2.24) is 0 Å². The first-order valence-electron chi connectivity index (χ1n) is 13.1. The zero-order valence-corrected chi connectivity index (χ0v) is 27.7. The molecule has 0 N–H and O–H groups in total. The molecule has 0 bridgehead atoms. The molecule has 2 nitrogen and oxygen atoms in total. The molecule has 0 atom stereocenters. The van der Waals surface area contributed by atoms with Crippen LogP contribution in [0.15, 0.2) is 0 Å². The van der Waals surface area contributed by atoms with Crippen molar-refractivity contribution in [2.24, 2.45) is 23.7 Å². The van der Waals surface area contributed by atoms with E-state index in [0.717, 1.165) is 50.4 Å². The zero-order valence-electron chi connectivity index (χ0n) is 24.4. The molecule has 0 saturated heterocycles. The van der Waals surface area contributed by atoms with E-state index in [1.807, 2.05) is 43.2 Å². The molecule has 0 amide bonds. The van der Waals surface area contributed by atoms with E-state index in [9.17, 15) is 9.59 Å². The van der Waals surface area contributed by atoms with Crippen LogP contribution in [0.2, 0.25) is 0 Å². The van der Waals surface area contributed by atoms with Crippen molar-refractivity contribution in [2.45, 2.75) is 131 Å². The van der Waals surface area contributed by atoms with Gasteiger partial charge in [0.05, 0.1) is 0 Å². The highest BCUT2D eigenvalue weighted by Gasteiger charge is 2.21. The summed E-state index contributed by atoms with van der Waals surface area (Å²) in [5.74, 6) is 5.69. The van der Waals surface area contributed by atoms with E-state index in [2.05, 4.69) is 83.1 Å². The summed E-state index contributed by atoms with van der Waals surface area (Å²) in [4.78, 5) is 23.3. The van der Waals surface area contributed by atoms with Gasteiger partial charge in [-0.15, -0.1) is 0 Å². The van der Waals surface area contributed by atoms with E-state index >= 15 is 0 Å². The zero-order chi connectivity index (χ0) is 26.9. The van der Waals surface area contributed by atoms with Crippen LogP contribution in [0.25, 0.3) is 0 Å². The van der Waals surface area contributed by atoms with Crippen molar-refractivity contribution in [3.05, 3.63) is 0 Å². The Bertz CT molecular complexity index is 493. The molecular weight excluding hydrogens is 497 g/mol. The average Bonchev–Trinajstić information content (AvgIpc) is 2.63. The Morgan fingerprint density at radius 3 is 1.09 bits per heavy atom. The Morgan fingerprint density at radius 2 is 0.853 bits per heavy atom. The SMILES string of the molecule is CC(C)CSSC(C)(C)CCC(=O)CC(C)C.CC(C)CSSC(C)(C)CCC(=O)CC(C)C. The van der Waals surface area contributed by atoms with E-state index < -0.39 is 0 Å². The van der Waals surface area contributed by atoms with Crippen molar-refractivity contribution in [1.29, 1.82) is 0 Å². The first-order chi connectivity index (χ1) is 15.5. The van der Waals surface area contributed by atoms with E-state index in [4.69, 9.17) is 0 Å². The van der Waals surface area contributed by atoms with Gasteiger partial charge in [-0.3, -0.25) is 9.59 Å². The minimum Gasteiger partial charge on any atom is -0.300 e. The van der Waals surface area contributed by atoms with E-state index in [-0.39, 0.29) is 9.49 Å². The quantitative estimate of drug-likeness (QED) is 0.157. The summed E-state index contributed by atoms with van der Waals surface area (Å²) >= 11 is 0. The summed E-state index contributed by atoms with van der Waals surface area (Å²) < 4.78 is 0.429. The molecule has 0 unspecified atom stereocenters. The van der Waals surface area contributed by atoms with E-state index in [0.29, 0.717) is 23.4 Å². The summed E-state index contributed by atoms with van der Waals surface area (Å²) in [7, 11) is 7.74. The fourth-order valence-electron chi connectivity index (χ4n) is 2.74. The molecule has 0 heterocycles. The van der Waals surface area contributed by atoms with Crippen LogP contribution in [-0.2, 0) is 9.59 Å². The lowest BCUT2D eigenvalue weighted by Gasteiger charge is -2.23. The van der Waals surface area contributed by atoms with Gasteiger partial charge >= 0.3 is 0 Å². The van der Waals surface area contributed by atoms with Gasteiger partial charge in [-0.25, -0.2) is 0 Å². The number of carbonyl (C=O) groups excluding carboxylic acids is 2.